The highest BCUT2D eigenvalue weighted by Gasteiger charge is 2.36. The van der Waals surface area contributed by atoms with Crippen molar-refractivity contribution in [2.24, 2.45) is 0 Å². The molecule has 1 unspecified atom stereocenters. The van der Waals surface area contributed by atoms with E-state index in [9.17, 15) is 18.0 Å². The molecule has 7 nitrogen and oxygen atoms in total. The second kappa shape index (κ2) is 10.1. The molecular weight excluding hydrogens is 438 g/mol. The third kappa shape index (κ3) is 5.62. The molecule has 0 aromatic heterocycles. The number of piperazine rings is 1. The van der Waals surface area contributed by atoms with Gasteiger partial charge in [0.2, 0.25) is 5.91 Å². The van der Waals surface area contributed by atoms with Crippen molar-refractivity contribution < 1.29 is 18.0 Å². The number of amides is 2. The molecule has 0 bridgehead atoms. The molecule has 0 N–H and O–H groups in total. The number of nitrogens with zero attached hydrogens (tertiary/aromatic N) is 3. The lowest BCUT2D eigenvalue weighted by molar-refractivity contribution is -0.120. The number of carbonyl (C=O) groups is 2. The number of hydrogen-bond acceptors (Lipinski definition) is 5. The predicted octanol–water partition coefficient (Wildman–Crippen LogP) is 2.23. The molecule has 0 spiro atoms. The molecule has 0 radical (unpaired) electrons. The zero-order valence-corrected chi connectivity index (χ0v) is 19.8. The van der Waals surface area contributed by atoms with Gasteiger partial charge in [0.15, 0.2) is 9.84 Å². The lowest BCUT2D eigenvalue weighted by atomic mass is 10.1. The van der Waals surface area contributed by atoms with Crippen LogP contribution in [0.2, 0.25) is 0 Å². The van der Waals surface area contributed by atoms with Gasteiger partial charge in [0.05, 0.1) is 24.1 Å². The number of aryl methyl sites for hydroxylation is 1. The van der Waals surface area contributed by atoms with Gasteiger partial charge in [-0.1, -0.05) is 37.3 Å². The molecule has 2 aromatic carbocycles. The van der Waals surface area contributed by atoms with Gasteiger partial charge in [-0.25, -0.2) is 8.42 Å². The van der Waals surface area contributed by atoms with Crippen molar-refractivity contribution >= 4 is 27.3 Å². The van der Waals surface area contributed by atoms with Crippen molar-refractivity contribution in [1.29, 1.82) is 0 Å². The first-order valence-corrected chi connectivity index (χ1v) is 13.4. The third-order valence-electron chi connectivity index (χ3n) is 6.50. The molecule has 0 aliphatic carbocycles. The standard InChI is InChI=1S/C25H31N3O4S/c1-2-20-8-10-21(11-9-20)25(30)27-15-13-26(14-16-27)18-24(29)28(22-6-4-3-5-7-22)23-12-17-33(31,32)19-23/h3-11,23H,2,12-19H2,1H3. The van der Waals surface area contributed by atoms with Crippen LogP contribution in [0.4, 0.5) is 5.69 Å². The highest BCUT2D eigenvalue weighted by Crippen LogP contribution is 2.25. The highest BCUT2D eigenvalue weighted by molar-refractivity contribution is 7.91. The lowest BCUT2D eigenvalue weighted by Crippen LogP contribution is -2.53. The summed E-state index contributed by atoms with van der Waals surface area (Å²) in [5.74, 6) is 0.0463. The van der Waals surface area contributed by atoms with Gasteiger partial charge in [-0.15, -0.1) is 0 Å². The van der Waals surface area contributed by atoms with Crippen LogP contribution in [0.15, 0.2) is 54.6 Å². The van der Waals surface area contributed by atoms with Crippen LogP contribution in [0.1, 0.15) is 29.3 Å². The fourth-order valence-electron chi connectivity index (χ4n) is 4.57. The molecule has 1 atom stereocenters. The number of hydrogen-bond donors (Lipinski definition) is 0. The van der Waals surface area contributed by atoms with E-state index in [1.54, 1.807) is 4.90 Å². The largest absolute Gasteiger partial charge is 0.336 e. The van der Waals surface area contributed by atoms with Gasteiger partial charge in [0, 0.05) is 37.4 Å². The Labute approximate surface area is 195 Å². The van der Waals surface area contributed by atoms with Crippen molar-refractivity contribution in [1.82, 2.24) is 9.80 Å². The average molecular weight is 470 g/mol. The monoisotopic (exact) mass is 469 g/mol. The fraction of sp³-hybridized carbons (Fsp3) is 0.440. The van der Waals surface area contributed by atoms with Gasteiger partial charge in [0.1, 0.15) is 0 Å². The average Bonchev–Trinajstić information content (AvgIpc) is 3.19. The normalized spacial score (nSPS) is 20.5. The van der Waals surface area contributed by atoms with Crippen LogP contribution < -0.4 is 4.90 Å². The number of benzene rings is 2. The summed E-state index contributed by atoms with van der Waals surface area (Å²) in [6, 6.07) is 16.7. The molecule has 2 aliphatic heterocycles. The Morgan fingerprint density at radius 2 is 1.64 bits per heavy atom. The molecule has 4 rings (SSSR count). The molecule has 8 heteroatoms. The van der Waals surface area contributed by atoms with Crippen molar-refractivity contribution in [2.75, 3.05) is 49.1 Å². The summed E-state index contributed by atoms with van der Waals surface area (Å²) in [5.41, 5.74) is 2.62. The van der Waals surface area contributed by atoms with Crippen molar-refractivity contribution in [2.45, 2.75) is 25.8 Å². The molecule has 2 fully saturated rings. The third-order valence-corrected chi connectivity index (χ3v) is 8.25. The van der Waals surface area contributed by atoms with Crippen LogP contribution >= 0.6 is 0 Å². The number of para-hydroxylation sites is 1. The SMILES string of the molecule is CCc1ccc(C(=O)N2CCN(CC(=O)N(c3ccccc3)C3CCS(=O)(=O)C3)CC2)cc1. The Morgan fingerprint density at radius 3 is 2.21 bits per heavy atom. The quantitative estimate of drug-likeness (QED) is 0.648. The number of rotatable bonds is 6. The van der Waals surface area contributed by atoms with E-state index >= 15 is 0 Å². The Balaban J connectivity index is 1.38. The molecule has 2 aliphatic rings. The maximum absolute atomic E-state index is 13.3. The van der Waals surface area contributed by atoms with Crippen molar-refractivity contribution in [3.8, 4) is 0 Å². The zero-order chi connectivity index (χ0) is 23.4. The summed E-state index contributed by atoms with van der Waals surface area (Å²) in [5, 5.41) is 0. The molecule has 176 valence electrons. The van der Waals surface area contributed by atoms with Gasteiger partial charge in [0.25, 0.3) is 5.91 Å². The van der Waals surface area contributed by atoms with Crippen LogP contribution in [0, 0.1) is 0 Å². The summed E-state index contributed by atoms with van der Waals surface area (Å²) in [6.07, 6.45) is 1.40. The van der Waals surface area contributed by atoms with Gasteiger partial charge in [-0.05, 0) is 42.7 Å². The van der Waals surface area contributed by atoms with E-state index in [0.717, 1.165) is 12.1 Å². The molecule has 2 amide bonds. The maximum atomic E-state index is 13.3. The second-order valence-electron chi connectivity index (χ2n) is 8.77. The van der Waals surface area contributed by atoms with E-state index in [-0.39, 0.29) is 35.9 Å². The number of anilines is 1. The minimum Gasteiger partial charge on any atom is -0.336 e. The van der Waals surface area contributed by atoms with Crippen LogP contribution in [0.5, 0.6) is 0 Å². The summed E-state index contributed by atoms with van der Waals surface area (Å²) in [6.45, 7) is 4.63. The van der Waals surface area contributed by atoms with Gasteiger partial charge in [-0.3, -0.25) is 14.5 Å². The Morgan fingerprint density at radius 1 is 0.970 bits per heavy atom. The molecule has 0 saturated carbocycles. The van der Waals surface area contributed by atoms with Crippen molar-refractivity contribution in [3.05, 3.63) is 65.7 Å². The number of sulfone groups is 1. The van der Waals surface area contributed by atoms with E-state index in [2.05, 4.69) is 6.92 Å². The van der Waals surface area contributed by atoms with E-state index in [0.29, 0.717) is 38.2 Å². The molecule has 33 heavy (non-hydrogen) atoms. The Kier molecular flexibility index (Phi) is 7.14. The van der Waals surface area contributed by atoms with Crippen LogP contribution in [0.25, 0.3) is 0 Å². The molecule has 2 aromatic rings. The van der Waals surface area contributed by atoms with E-state index in [4.69, 9.17) is 0 Å². The summed E-state index contributed by atoms with van der Waals surface area (Å²) >= 11 is 0. The first-order chi connectivity index (χ1) is 15.9. The van der Waals surface area contributed by atoms with Crippen molar-refractivity contribution in [3.63, 3.8) is 0 Å². The van der Waals surface area contributed by atoms with Gasteiger partial charge < -0.3 is 9.80 Å². The highest BCUT2D eigenvalue weighted by atomic mass is 32.2. The molecule has 2 saturated heterocycles. The smallest absolute Gasteiger partial charge is 0.253 e. The number of carbonyl (C=O) groups excluding carboxylic acids is 2. The topological polar surface area (TPSA) is 78.0 Å². The van der Waals surface area contributed by atoms with Crippen LogP contribution in [-0.4, -0.2) is 80.3 Å². The van der Waals surface area contributed by atoms with Gasteiger partial charge in [-0.2, -0.15) is 0 Å². The van der Waals surface area contributed by atoms with E-state index in [1.165, 1.54) is 5.56 Å². The minimum atomic E-state index is -3.11. The minimum absolute atomic E-state index is 0.00668. The first-order valence-electron chi connectivity index (χ1n) is 11.5. The first kappa shape index (κ1) is 23.4. The lowest BCUT2D eigenvalue weighted by Gasteiger charge is -2.36. The zero-order valence-electron chi connectivity index (χ0n) is 19.0. The Hall–Kier alpha value is -2.71. The maximum Gasteiger partial charge on any atom is 0.253 e. The van der Waals surface area contributed by atoms with Crippen LogP contribution in [0.3, 0.4) is 0 Å². The Bertz CT molecular complexity index is 1080. The van der Waals surface area contributed by atoms with Gasteiger partial charge >= 0.3 is 0 Å². The molecular formula is C25H31N3O4S. The predicted molar refractivity (Wildman–Crippen MR) is 129 cm³/mol. The summed E-state index contributed by atoms with van der Waals surface area (Å²) in [4.78, 5) is 31.7. The fourth-order valence-corrected chi connectivity index (χ4v) is 6.27. The summed E-state index contributed by atoms with van der Waals surface area (Å²) in [7, 11) is -3.11. The van der Waals surface area contributed by atoms with Crippen LogP contribution in [-0.2, 0) is 21.1 Å². The van der Waals surface area contributed by atoms with E-state index < -0.39 is 9.84 Å². The van der Waals surface area contributed by atoms with E-state index in [1.807, 2.05) is 64.4 Å². The molecule has 2 heterocycles. The second-order valence-corrected chi connectivity index (χ2v) is 11.0. The summed E-state index contributed by atoms with van der Waals surface area (Å²) < 4.78 is 24.1.